The van der Waals surface area contributed by atoms with Crippen molar-refractivity contribution in [2.24, 2.45) is 5.92 Å². The van der Waals surface area contributed by atoms with Crippen LogP contribution in [0.4, 0.5) is 8.78 Å². The van der Waals surface area contributed by atoms with E-state index in [1.54, 1.807) is 13.8 Å². The van der Waals surface area contributed by atoms with E-state index in [-0.39, 0.29) is 11.7 Å². The zero-order chi connectivity index (χ0) is 16.0. The quantitative estimate of drug-likeness (QED) is 0.807. The van der Waals surface area contributed by atoms with Gasteiger partial charge in [-0.05, 0) is 18.1 Å². The van der Waals surface area contributed by atoms with E-state index in [4.69, 9.17) is 9.84 Å². The molecule has 0 saturated carbocycles. The molecule has 0 heterocycles. The summed E-state index contributed by atoms with van der Waals surface area (Å²) in [4.78, 5) is 22.7. The second-order valence-corrected chi connectivity index (χ2v) is 4.63. The first kappa shape index (κ1) is 16.9. The molecule has 0 fully saturated rings. The van der Waals surface area contributed by atoms with E-state index in [1.807, 2.05) is 0 Å². The molecule has 0 aliphatic carbocycles. The Hall–Kier alpha value is -2.18. The summed E-state index contributed by atoms with van der Waals surface area (Å²) in [7, 11) is 0. The lowest BCUT2D eigenvalue weighted by atomic mass is 9.99. The van der Waals surface area contributed by atoms with Gasteiger partial charge in [0.2, 0.25) is 0 Å². The number of halogens is 2. The Morgan fingerprint density at radius 2 is 2.05 bits per heavy atom. The predicted molar refractivity (Wildman–Crippen MR) is 70.9 cm³/mol. The van der Waals surface area contributed by atoms with E-state index in [9.17, 15) is 18.4 Å². The summed E-state index contributed by atoms with van der Waals surface area (Å²) < 4.78 is 30.9. The van der Waals surface area contributed by atoms with E-state index in [0.717, 1.165) is 12.1 Å². The highest BCUT2D eigenvalue weighted by atomic mass is 19.1. The molecule has 0 aliphatic rings. The average Bonchev–Trinajstić information content (AvgIpc) is 2.42. The Balaban J connectivity index is 2.58. The highest BCUT2D eigenvalue weighted by Gasteiger charge is 2.25. The molecule has 116 valence electrons. The molecule has 0 saturated heterocycles. The lowest BCUT2D eigenvalue weighted by Crippen LogP contribution is -2.46. The number of nitrogens with one attached hydrogen (secondary N) is 1. The molecule has 0 spiro atoms. The average molecular weight is 301 g/mol. The van der Waals surface area contributed by atoms with E-state index in [1.165, 1.54) is 0 Å². The zero-order valence-electron chi connectivity index (χ0n) is 11.7. The molecule has 0 radical (unpaired) electrons. The molecule has 5 nitrogen and oxygen atoms in total. The standard InChI is InChI=1S/C14H17F2NO4/c1-3-8(2)13(14(19)20)17-12(18)7-21-11-5-4-9(15)6-10(11)16/h4-6,8,13H,3,7H2,1-2H3,(H,17,18)(H,19,20)/t8-,13-/m0/s1. The van der Waals surface area contributed by atoms with Crippen LogP contribution < -0.4 is 10.1 Å². The fourth-order valence-corrected chi connectivity index (χ4v) is 1.63. The number of carboxylic acids is 1. The predicted octanol–water partition coefficient (Wildman–Crippen LogP) is 1.96. The third-order valence-corrected chi connectivity index (χ3v) is 3.05. The zero-order valence-corrected chi connectivity index (χ0v) is 11.7. The van der Waals surface area contributed by atoms with Gasteiger partial charge in [0, 0.05) is 6.07 Å². The fraction of sp³-hybridized carbons (Fsp3) is 0.429. The van der Waals surface area contributed by atoms with E-state index < -0.39 is 36.2 Å². The van der Waals surface area contributed by atoms with E-state index in [2.05, 4.69) is 5.32 Å². The van der Waals surface area contributed by atoms with Crippen LogP contribution in [-0.2, 0) is 9.59 Å². The fourth-order valence-electron chi connectivity index (χ4n) is 1.63. The number of rotatable bonds is 7. The van der Waals surface area contributed by atoms with Crippen molar-refractivity contribution < 1.29 is 28.2 Å². The molecule has 0 bridgehead atoms. The molecule has 1 aromatic rings. The minimum atomic E-state index is -1.15. The van der Waals surface area contributed by atoms with Gasteiger partial charge in [-0.2, -0.15) is 0 Å². The van der Waals surface area contributed by atoms with E-state index >= 15 is 0 Å². The Labute approximate surface area is 120 Å². The number of ether oxygens (including phenoxy) is 1. The van der Waals surface area contributed by atoms with Gasteiger partial charge in [-0.25, -0.2) is 13.6 Å². The van der Waals surface area contributed by atoms with Crippen LogP contribution in [0.1, 0.15) is 20.3 Å². The number of carbonyl (C=O) groups is 2. The third-order valence-electron chi connectivity index (χ3n) is 3.05. The summed E-state index contributed by atoms with van der Waals surface area (Å²) in [6, 6.07) is 1.65. The van der Waals surface area contributed by atoms with Crippen LogP contribution in [0.2, 0.25) is 0 Å². The van der Waals surface area contributed by atoms with Crippen molar-refractivity contribution >= 4 is 11.9 Å². The Kier molecular flexibility index (Phi) is 6.08. The minimum absolute atomic E-state index is 0.256. The first-order chi connectivity index (χ1) is 9.85. The first-order valence-corrected chi connectivity index (χ1v) is 6.45. The second-order valence-electron chi connectivity index (χ2n) is 4.63. The minimum Gasteiger partial charge on any atom is -0.481 e. The molecular weight excluding hydrogens is 284 g/mol. The lowest BCUT2D eigenvalue weighted by molar-refractivity contribution is -0.143. The SMILES string of the molecule is CC[C@H](C)[C@H](NC(=O)COc1ccc(F)cc1F)C(=O)O. The maximum Gasteiger partial charge on any atom is 0.326 e. The smallest absolute Gasteiger partial charge is 0.326 e. The van der Waals surface area contributed by atoms with E-state index in [0.29, 0.717) is 12.5 Å². The summed E-state index contributed by atoms with van der Waals surface area (Å²) in [6.07, 6.45) is 0.574. The second kappa shape index (κ2) is 7.56. The molecule has 2 atom stereocenters. The molecule has 2 N–H and O–H groups in total. The molecule has 21 heavy (non-hydrogen) atoms. The molecule has 0 aliphatic heterocycles. The summed E-state index contributed by atoms with van der Waals surface area (Å²) >= 11 is 0. The monoisotopic (exact) mass is 301 g/mol. The van der Waals surface area contributed by atoms with Gasteiger partial charge in [0.15, 0.2) is 18.2 Å². The summed E-state index contributed by atoms with van der Waals surface area (Å²) in [5, 5.41) is 11.3. The number of aliphatic carboxylic acids is 1. The molecule has 7 heteroatoms. The topological polar surface area (TPSA) is 75.6 Å². The first-order valence-electron chi connectivity index (χ1n) is 6.45. The normalized spacial score (nSPS) is 13.3. The van der Waals surface area contributed by atoms with Gasteiger partial charge < -0.3 is 15.2 Å². The molecular formula is C14H17F2NO4. The Morgan fingerprint density at radius 3 is 2.57 bits per heavy atom. The maximum atomic E-state index is 13.3. The molecule has 0 aromatic heterocycles. The van der Waals surface area contributed by atoms with Crippen LogP contribution in [0, 0.1) is 17.6 Å². The largest absolute Gasteiger partial charge is 0.481 e. The van der Waals surface area contributed by atoms with Crippen molar-refractivity contribution in [1.82, 2.24) is 5.32 Å². The van der Waals surface area contributed by atoms with Crippen molar-refractivity contribution in [3.63, 3.8) is 0 Å². The highest BCUT2D eigenvalue weighted by Crippen LogP contribution is 2.17. The summed E-state index contributed by atoms with van der Waals surface area (Å²) in [5.74, 6) is -4.06. The van der Waals surface area contributed by atoms with Crippen molar-refractivity contribution in [1.29, 1.82) is 0 Å². The van der Waals surface area contributed by atoms with Gasteiger partial charge in [-0.3, -0.25) is 4.79 Å². The summed E-state index contributed by atoms with van der Waals surface area (Å²) in [5.41, 5.74) is 0. The van der Waals surface area contributed by atoms with Gasteiger partial charge in [-0.1, -0.05) is 20.3 Å². The highest BCUT2D eigenvalue weighted by molar-refractivity contribution is 5.84. The van der Waals surface area contributed by atoms with Gasteiger partial charge in [0.25, 0.3) is 5.91 Å². The lowest BCUT2D eigenvalue weighted by Gasteiger charge is -2.20. The van der Waals surface area contributed by atoms with Gasteiger partial charge in [0.1, 0.15) is 11.9 Å². The van der Waals surface area contributed by atoms with Crippen LogP contribution in [0.5, 0.6) is 5.75 Å². The van der Waals surface area contributed by atoms with Crippen LogP contribution >= 0.6 is 0 Å². The van der Waals surface area contributed by atoms with Crippen molar-refractivity contribution in [3.05, 3.63) is 29.8 Å². The van der Waals surface area contributed by atoms with Gasteiger partial charge in [0.05, 0.1) is 0 Å². The Bertz CT molecular complexity index is 522. The number of carboxylic acid groups (broad SMARTS) is 1. The number of hydrogen-bond acceptors (Lipinski definition) is 3. The maximum absolute atomic E-state index is 13.3. The van der Waals surface area contributed by atoms with Crippen molar-refractivity contribution in [3.8, 4) is 5.75 Å². The van der Waals surface area contributed by atoms with Gasteiger partial charge in [-0.15, -0.1) is 0 Å². The third kappa shape index (κ3) is 5.02. The van der Waals surface area contributed by atoms with Crippen molar-refractivity contribution in [2.75, 3.05) is 6.61 Å². The number of amides is 1. The molecule has 1 amide bonds. The molecule has 1 aromatic carbocycles. The van der Waals surface area contributed by atoms with Crippen LogP contribution in [0.25, 0.3) is 0 Å². The molecule has 0 unspecified atom stereocenters. The summed E-state index contributed by atoms with van der Waals surface area (Å²) in [6.45, 7) is 2.94. The van der Waals surface area contributed by atoms with Crippen LogP contribution in [0.3, 0.4) is 0 Å². The van der Waals surface area contributed by atoms with Crippen LogP contribution in [0.15, 0.2) is 18.2 Å². The molecule has 1 rings (SSSR count). The number of hydrogen-bond donors (Lipinski definition) is 2. The van der Waals surface area contributed by atoms with Crippen molar-refractivity contribution in [2.45, 2.75) is 26.3 Å². The Morgan fingerprint density at radius 1 is 1.38 bits per heavy atom. The number of carbonyl (C=O) groups excluding carboxylic acids is 1. The number of benzene rings is 1. The van der Waals surface area contributed by atoms with Gasteiger partial charge >= 0.3 is 5.97 Å². The van der Waals surface area contributed by atoms with Crippen LogP contribution in [-0.4, -0.2) is 29.6 Å².